The monoisotopic (exact) mass is 399 g/mol. The van der Waals surface area contributed by atoms with E-state index in [0.717, 1.165) is 28.1 Å². The molecule has 0 saturated heterocycles. The quantitative estimate of drug-likeness (QED) is 0.460. The zero-order valence-corrected chi connectivity index (χ0v) is 16.6. The number of fused-ring (bicyclic) bond motifs is 2. The number of carbonyl (C=O) groups is 1. The third-order valence-corrected chi connectivity index (χ3v) is 5.71. The lowest BCUT2D eigenvalue weighted by Gasteiger charge is -2.08. The Morgan fingerprint density at radius 2 is 1.79 bits per heavy atom. The summed E-state index contributed by atoms with van der Waals surface area (Å²) in [6, 6.07) is 22.2. The van der Waals surface area contributed by atoms with E-state index in [2.05, 4.69) is 34.7 Å². The average molecular weight is 400 g/mol. The molecule has 0 saturated carbocycles. The van der Waals surface area contributed by atoms with Gasteiger partial charge in [-0.2, -0.15) is 5.10 Å². The highest BCUT2D eigenvalue weighted by Gasteiger charge is 2.25. The third kappa shape index (κ3) is 3.02. The summed E-state index contributed by atoms with van der Waals surface area (Å²) in [4.78, 5) is 12.5. The van der Waals surface area contributed by atoms with Crippen molar-refractivity contribution in [3.63, 3.8) is 0 Å². The van der Waals surface area contributed by atoms with E-state index in [0.29, 0.717) is 17.3 Å². The van der Waals surface area contributed by atoms with E-state index in [1.165, 1.54) is 10.8 Å². The Balaban J connectivity index is 1.56. The Morgan fingerprint density at radius 3 is 2.69 bits per heavy atom. The summed E-state index contributed by atoms with van der Waals surface area (Å²) in [6.07, 6.45) is 1.84. The molecule has 0 aliphatic carbocycles. The molecule has 1 N–H and O–H groups in total. The van der Waals surface area contributed by atoms with Crippen LogP contribution < -0.4 is 5.32 Å². The van der Waals surface area contributed by atoms with Crippen LogP contribution in [-0.2, 0) is 11.3 Å². The van der Waals surface area contributed by atoms with Crippen molar-refractivity contribution >= 4 is 45.6 Å². The molecule has 2 heterocycles. The first-order valence-corrected chi connectivity index (χ1v) is 9.81. The molecule has 1 aliphatic rings. The lowest BCUT2D eigenvalue weighted by molar-refractivity contribution is -0.110. The van der Waals surface area contributed by atoms with Gasteiger partial charge in [0.05, 0.1) is 12.2 Å². The highest BCUT2D eigenvalue weighted by molar-refractivity contribution is 6.36. The molecule has 3 aromatic carbocycles. The van der Waals surface area contributed by atoms with Gasteiger partial charge < -0.3 is 5.32 Å². The van der Waals surface area contributed by atoms with E-state index in [1.54, 1.807) is 4.68 Å². The Kier molecular flexibility index (Phi) is 4.22. The second-order valence-electron chi connectivity index (χ2n) is 7.14. The Hall–Kier alpha value is -3.37. The molecule has 1 aromatic heterocycles. The topological polar surface area (TPSA) is 46.9 Å². The van der Waals surface area contributed by atoms with Crippen molar-refractivity contribution < 1.29 is 4.79 Å². The van der Waals surface area contributed by atoms with Crippen molar-refractivity contribution in [3.8, 4) is 0 Å². The van der Waals surface area contributed by atoms with Gasteiger partial charge in [0.25, 0.3) is 5.91 Å². The van der Waals surface area contributed by atoms with Crippen LogP contribution in [0.1, 0.15) is 22.4 Å². The first-order chi connectivity index (χ1) is 14.1. The second kappa shape index (κ2) is 6.90. The largest absolute Gasteiger partial charge is 0.321 e. The number of benzene rings is 3. The number of rotatable bonds is 3. The molecule has 4 aromatic rings. The van der Waals surface area contributed by atoms with Crippen molar-refractivity contribution in [2.45, 2.75) is 13.5 Å². The molecule has 142 valence electrons. The van der Waals surface area contributed by atoms with Gasteiger partial charge in [-0.1, -0.05) is 72.3 Å². The first-order valence-electron chi connectivity index (χ1n) is 9.44. The molecule has 29 heavy (non-hydrogen) atoms. The van der Waals surface area contributed by atoms with Crippen LogP contribution in [0.5, 0.6) is 0 Å². The number of nitrogens with one attached hydrogen (secondary N) is 1. The van der Waals surface area contributed by atoms with Crippen molar-refractivity contribution in [2.24, 2.45) is 0 Å². The minimum absolute atomic E-state index is 0.122. The fourth-order valence-corrected chi connectivity index (χ4v) is 4.14. The molecule has 0 fully saturated rings. The highest BCUT2D eigenvalue weighted by atomic mass is 35.5. The maximum absolute atomic E-state index is 12.5. The zero-order valence-electron chi connectivity index (χ0n) is 15.8. The van der Waals surface area contributed by atoms with Gasteiger partial charge in [0.15, 0.2) is 0 Å². The lowest BCUT2D eigenvalue weighted by Crippen LogP contribution is -2.04. The Labute approximate surface area is 173 Å². The second-order valence-corrected chi connectivity index (χ2v) is 7.50. The standard InChI is InChI=1S/C24H18ClN3O/c1-15-20(13-21-19-11-4-5-12-22(19)26-24(21)29)23(25)28(27-15)14-17-9-6-8-16-7-2-3-10-18(16)17/h2-13H,14H2,1H3,(H,26,29)/b21-13-. The number of amides is 1. The smallest absolute Gasteiger partial charge is 0.256 e. The molecular formula is C24H18ClN3O. The molecule has 5 heteroatoms. The van der Waals surface area contributed by atoms with Crippen LogP contribution >= 0.6 is 11.6 Å². The molecule has 0 bridgehead atoms. The molecule has 0 spiro atoms. The van der Waals surface area contributed by atoms with Gasteiger partial charge in [0.2, 0.25) is 0 Å². The van der Waals surface area contributed by atoms with Crippen LogP contribution in [-0.4, -0.2) is 15.7 Å². The molecule has 5 rings (SSSR count). The van der Waals surface area contributed by atoms with Gasteiger partial charge >= 0.3 is 0 Å². The number of aryl methyl sites for hydroxylation is 1. The van der Waals surface area contributed by atoms with Crippen LogP contribution in [0.4, 0.5) is 5.69 Å². The van der Waals surface area contributed by atoms with Crippen molar-refractivity contribution in [1.29, 1.82) is 0 Å². The number of para-hydroxylation sites is 1. The number of hydrogen-bond acceptors (Lipinski definition) is 2. The Morgan fingerprint density at radius 1 is 1.03 bits per heavy atom. The fourth-order valence-electron chi connectivity index (χ4n) is 3.85. The first kappa shape index (κ1) is 17.7. The maximum Gasteiger partial charge on any atom is 0.256 e. The number of anilines is 1. The number of hydrogen-bond donors (Lipinski definition) is 1. The van der Waals surface area contributed by atoms with E-state index in [-0.39, 0.29) is 5.91 Å². The summed E-state index contributed by atoms with van der Waals surface area (Å²) in [5.41, 5.74) is 5.02. The summed E-state index contributed by atoms with van der Waals surface area (Å²) in [5.74, 6) is -0.122. The van der Waals surface area contributed by atoms with E-state index < -0.39 is 0 Å². The highest BCUT2D eigenvalue weighted by Crippen LogP contribution is 2.35. The van der Waals surface area contributed by atoms with E-state index in [1.807, 2.05) is 55.5 Å². The maximum atomic E-state index is 12.5. The van der Waals surface area contributed by atoms with E-state index in [9.17, 15) is 4.79 Å². The molecule has 1 amide bonds. The fraction of sp³-hybridized carbons (Fsp3) is 0.0833. The van der Waals surface area contributed by atoms with Crippen LogP contribution in [0, 0.1) is 6.92 Å². The molecule has 0 unspecified atom stereocenters. The molecule has 1 aliphatic heterocycles. The molecule has 4 nitrogen and oxygen atoms in total. The van der Waals surface area contributed by atoms with Crippen LogP contribution in [0.15, 0.2) is 66.7 Å². The van der Waals surface area contributed by atoms with Crippen molar-refractivity contribution in [2.75, 3.05) is 5.32 Å². The van der Waals surface area contributed by atoms with Gasteiger partial charge in [-0.25, -0.2) is 4.68 Å². The summed E-state index contributed by atoms with van der Waals surface area (Å²) in [7, 11) is 0. The van der Waals surface area contributed by atoms with Crippen molar-refractivity contribution in [1.82, 2.24) is 9.78 Å². The Bertz CT molecular complexity index is 1300. The third-order valence-electron chi connectivity index (χ3n) is 5.31. The predicted octanol–water partition coefficient (Wildman–Crippen LogP) is 5.54. The number of aromatic nitrogens is 2. The summed E-state index contributed by atoms with van der Waals surface area (Å²) >= 11 is 6.71. The minimum Gasteiger partial charge on any atom is -0.321 e. The van der Waals surface area contributed by atoms with Crippen LogP contribution in [0.2, 0.25) is 5.15 Å². The number of nitrogens with zero attached hydrogens (tertiary/aromatic N) is 2. The van der Waals surface area contributed by atoms with Gasteiger partial charge in [-0.15, -0.1) is 0 Å². The number of carbonyl (C=O) groups excluding carboxylic acids is 1. The SMILES string of the molecule is Cc1nn(Cc2cccc3ccccc23)c(Cl)c1/C=C1\C(=O)Nc2ccccc21. The molecular weight excluding hydrogens is 382 g/mol. The van der Waals surface area contributed by atoms with E-state index >= 15 is 0 Å². The summed E-state index contributed by atoms with van der Waals surface area (Å²) < 4.78 is 1.80. The van der Waals surface area contributed by atoms with Gasteiger partial charge in [-0.05, 0) is 35.4 Å². The average Bonchev–Trinajstić information content (AvgIpc) is 3.19. The minimum atomic E-state index is -0.122. The van der Waals surface area contributed by atoms with Gasteiger partial charge in [0, 0.05) is 22.4 Å². The normalized spacial score (nSPS) is 14.4. The lowest BCUT2D eigenvalue weighted by atomic mass is 10.0. The summed E-state index contributed by atoms with van der Waals surface area (Å²) in [5, 5.41) is 10.4. The molecule has 0 atom stereocenters. The van der Waals surface area contributed by atoms with Gasteiger partial charge in [-0.3, -0.25) is 4.79 Å². The molecule has 0 radical (unpaired) electrons. The number of halogens is 1. The van der Waals surface area contributed by atoms with E-state index in [4.69, 9.17) is 11.6 Å². The predicted molar refractivity (Wildman–Crippen MR) is 118 cm³/mol. The van der Waals surface area contributed by atoms with Crippen molar-refractivity contribution in [3.05, 3.63) is 94.3 Å². The van der Waals surface area contributed by atoms with Crippen LogP contribution in [0.25, 0.3) is 22.4 Å². The zero-order chi connectivity index (χ0) is 20.0. The summed E-state index contributed by atoms with van der Waals surface area (Å²) in [6.45, 7) is 2.48. The van der Waals surface area contributed by atoms with Gasteiger partial charge in [0.1, 0.15) is 5.15 Å². The van der Waals surface area contributed by atoms with Crippen LogP contribution in [0.3, 0.4) is 0 Å².